The summed E-state index contributed by atoms with van der Waals surface area (Å²) in [5, 5.41) is 3.36. The van der Waals surface area contributed by atoms with Crippen LogP contribution in [0.15, 0.2) is 30.3 Å². The molecule has 0 radical (unpaired) electrons. The van der Waals surface area contributed by atoms with Crippen LogP contribution in [0.2, 0.25) is 0 Å². The molecule has 1 fully saturated rings. The van der Waals surface area contributed by atoms with E-state index < -0.39 is 29.6 Å². The van der Waals surface area contributed by atoms with Gasteiger partial charge < -0.3 is 10.1 Å². The molecule has 1 heterocycles. The van der Waals surface area contributed by atoms with Crippen molar-refractivity contribution in [3.63, 3.8) is 0 Å². The quantitative estimate of drug-likeness (QED) is 0.458. The zero-order valence-corrected chi connectivity index (χ0v) is 13.8. The highest BCUT2D eigenvalue weighted by Crippen LogP contribution is 2.20. The second-order valence-corrected chi connectivity index (χ2v) is 6.32. The van der Waals surface area contributed by atoms with E-state index in [9.17, 15) is 14.4 Å². The predicted octanol–water partition coefficient (Wildman–Crippen LogP) is 0.926. The molecular formula is C16H21N3O5. The largest absolute Gasteiger partial charge is 0.339 e. The molecule has 2 unspecified atom stereocenters. The Balaban J connectivity index is 1.84. The highest BCUT2D eigenvalue weighted by Gasteiger charge is 2.49. The van der Waals surface area contributed by atoms with Crippen LogP contribution in [0.1, 0.15) is 26.3 Å². The van der Waals surface area contributed by atoms with E-state index in [2.05, 4.69) is 10.8 Å². The van der Waals surface area contributed by atoms with Crippen LogP contribution in [-0.4, -0.2) is 41.0 Å². The Bertz CT molecular complexity index is 599. The Morgan fingerprint density at radius 3 is 2.54 bits per heavy atom. The molecule has 2 rings (SSSR count). The third kappa shape index (κ3) is 4.53. The molecule has 1 aliphatic heterocycles. The number of benzene rings is 1. The molecule has 0 spiro atoms. The van der Waals surface area contributed by atoms with Crippen LogP contribution >= 0.6 is 0 Å². The van der Waals surface area contributed by atoms with Crippen molar-refractivity contribution in [2.45, 2.75) is 45.1 Å². The van der Waals surface area contributed by atoms with Crippen LogP contribution in [0.4, 0.5) is 4.79 Å². The summed E-state index contributed by atoms with van der Waals surface area (Å²) in [5.41, 5.74) is 2.47. The summed E-state index contributed by atoms with van der Waals surface area (Å²) in [4.78, 5) is 45.4. The van der Waals surface area contributed by atoms with Crippen LogP contribution < -0.4 is 10.8 Å². The summed E-state index contributed by atoms with van der Waals surface area (Å²) < 4.78 is 0. The van der Waals surface area contributed by atoms with E-state index in [4.69, 9.17) is 9.68 Å². The van der Waals surface area contributed by atoms with E-state index in [0.717, 1.165) is 10.6 Å². The number of rotatable bonds is 6. The Kier molecular flexibility index (Phi) is 5.53. The second kappa shape index (κ2) is 7.41. The number of nitrogens with zero attached hydrogens (tertiary/aromatic N) is 1. The number of amides is 3. The SMILES string of the molecule is CC(C)(C)ONC(=O)NC1C(=O)N(OCc2ccccc2)C1C=O. The van der Waals surface area contributed by atoms with Crippen LogP contribution in [0.25, 0.3) is 0 Å². The lowest BCUT2D eigenvalue weighted by Gasteiger charge is -2.42. The second-order valence-electron chi connectivity index (χ2n) is 6.32. The monoisotopic (exact) mass is 335 g/mol. The molecule has 8 nitrogen and oxygen atoms in total. The fourth-order valence-electron chi connectivity index (χ4n) is 2.00. The molecule has 0 saturated carbocycles. The van der Waals surface area contributed by atoms with Crippen LogP contribution in [-0.2, 0) is 25.9 Å². The summed E-state index contributed by atoms with van der Waals surface area (Å²) in [6.45, 7) is 5.43. The third-order valence-electron chi connectivity index (χ3n) is 3.18. The highest BCUT2D eigenvalue weighted by atomic mass is 16.7. The zero-order valence-electron chi connectivity index (χ0n) is 13.8. The minimum absolute atomic E-state index is 0.156. The summed E-state index contributed by atoms with van der Waals surface area (Å²) >= 11 is 0. The van der Waals surface area contributed by atoms with E-state index in [1.165, 1.54) is 0 Å². The molecule has 1 saturated heterocycles. The maximum Gasteiger partial charge on any atom is 0.339 e. The van der Waals surface area contributed by atoms with Gasteiger partial charge in [-0.25, -0.2) is 15.3 Å². The number of hydrogen-bond acceptors (Lipinski definition) is 5. The van der Waals surface area contributed by atoms with Gasteiger partial charge in [0.1, 0.15) is 25.0 Å². The van der Waals surface area contributed by atoms with Crippen molar-refractivity contribution in [3.05, 3.63) is 35.9 Å². The number of hydroxylamine groups is 3. The van der Waals surface area contributed by atoms with Crippen LogP contribution in [0.5, 0.6) is 0 Å². The molecule has 2 atom stereocenters. The van der Waals surface area contributed by atoms with Gasteiger partial charge in [0, 0.05) is 0 Å². The standard InChI is InChI=1S/C16H21N3O5/c1-16(2,3)24-18-15(22)17-13-12(9-20)19(14(13)21)23-10-11-7-5-4-6-8-11/h4-9,12-13H,10H2,1-3H3,(H2,17,18,22). The van der Waals surface area contributed by atoms with E-state index in [0.29, 0.717) is 6.29 Å². The first kappa shape index (κ1) is 17.9. The third-order valence-corrected chi connectivity index (χ3v) is 3.18. The van der Waals surface area contributed by atoms with Crippen molar-refractivity contribution < 1.29 is 24.1 Å². The maximum absolute atomic E-state index is 12.0. The van der Waals surface area contributed by atoms with Gasteiger partial charge in [-0.2, -0.15) is 0 Å². The Labute approximate surface area is 140 Å². The van der Waals surface area contributed by atoms with Crippen molar-refractivity contribution in [1.82, 2.24) is 15.9 Å². The van der Waals surface area contributed by atoms with Crippen molar-refractivity contribution in [1.29, 1.82) is 0 Å². The minimum atomic E-state index is -0.971. The lowest BCUT2D eigenvalue weighted by molar-refractivity contribution is -0.234. The van der Waals surface area contributed by atoms with Crippen molar-refractivity contribution in [2.24, 2.45) is 0 Å². The van der Waals surface area contributed by atoms with Gasteiger partial charge in [0.15, 0.2) is 0 Å². The van der Waals surface area contributed by atoms with E-state index >= 15 is 0 Å². The molecule has 130 valence electrons. The Morgan fingerprint density at radius 1 is 1.29 bits per heavy atom. The summed E-state index contributed by atoms with van der Waals surface area (Å²) in [6, 6.07) is 6.70. The van der Waals surface area contributed by atoms with Gasteiger partial charge in [-0.15, -0.1) is 0 Å². The lowest BCUT2D eigenvalue weighted by Crippen LogP contribution is -2.71. The van der Waals surface area contributed by atoms with E-state index in [1.54, 1.807) is 20.8 Å². The van der Waals surface area contributed by atoms with Gasteiger partial charge in [-0.3, -0.25) is 14.5 Å². The predicted molar refractivity (Wildman–Crippen MR) is 84.2 cm³/mol. The molecule has 0 aliphatic carbocycles. The molecule has 1 aromatic rings. The minimum Gasteiger partial charge on any atom is -0.322 e. The van der Waals surface area contributed by atoms with Gasteiger partial charge in [0.05, 0.1) is 5.60 Å². The molecule has 3 amide bonds. The molecule has 1 aliphatic rings. The summed E-state index contributed by atoms with van der Waals surface area (Å²) in [6.07, 6.45) is 0.557. The van der Waals surface area contributed by atoms with Gasteiger partial charge in [-0.1, -0.05) is 30.3 Å². The molecule has 2 N–H and O–H groups in total. The summed E-state index contributed by atoms with van der Waals surface area (Å²) in [7, 11) is 0. The smallest absolute Gasteiger partial charge is 0.322 e. The van der Waals surface area contributed by atoms with Crippen LogP contribution in [0.3, 0.4) is 0 Å². The number of β-lactam (4-membered cyclic amide) rings is 1. The zero-order chi connectivity index (χ0) is 17.7. The molecular weight excluding hydrogens is 314 g/mol. The first-order valence-corrected chi connectivity index (χ1v) is 7.51. The number of carbonyl (C=O) groups excluding carboxylic acids is 3. The van der Waals surface area contributed by atoms with E-state index in [1.807, 2.05) is 30.3 Å². The first-order valence-electron chi connectivity index (χ1n) is 7.51. The summed E-state index contributed by atoms with van der Waals surface area (Å²) in [5.74, 6) is -0.492. The van der Waals surface area contributed by atoms with Crippen molar-refractivity contribution in [2.75, 3.05) is 0 Å². The Morgan fingerprint density at radius 2 is 1.96 bits per heavy atom. The molecule has 8 heteroatoms. The van der Waals surface area contributed by atoms with Gasteiger partial charge in [-0.05, 0) is 26.3 Å². The fourth-order valence-corrected chi connectivity index (χ4v) is 2.00. The average Bonchev–Trinajstić information content (AvgIpc) is 2.54. The van der Waals surface area contributed by atoms with E-state index in [-0.39, 0.29) is 6.61 Å². The number of urea groups is 1. The number of carbonyl (C=O) groups is 3. The van der Waals surface area contributed by atoms with Gasteiger partial charge in [0.25, 0.3) is 5.91 Å². The van der Waals surface area contributed by atoms with Gasteiger partial charge in [0.2, 0.25) is 0 Å². The highest BCUT2D eigenvalue weighted by molar-refractivity contribution is 5.97. The van der Waals surface area contributed by atoms with Crippen molar-refractivity contribution >= 4 is 18.2 Å². The normalized spacial score (nSPS) is 20.3. The van der Waals surface area contributed by atoms with Gasteiger partial charge >= 0.3 is 6.03 Å². The first-order chi connectivity index (χ1) is 11.3. The number of aldehydes is 1. The fraction of sp³-hybridized carbons (Fsp3) is 0.438. The number of hydrogen-bond donors (Lipinski definition) is 2. The topological polar surface area (TPSA) is 97.0 Å². The van der Waals surface area contributed by atoms with Crippen molar-refractivity contribution in [3.8, 4) is 0 Å². The molecule has 0 aromatic heterocycles. The maximum atomic E-state index is 12.0. The molecule has 24 heavy (non-hydrogen) atoms. The lowest BCUT2D eigenvalue weighted by atomic mass is 10.00. The number of nitrogens with one attached hydrogen (secondary N) is 2. The molecule has 1 aromatic carbocycles. The molecule has 0 bridgehead atoms. The average molecular weight is 335 g/mol. The Hall–Kier alpha value is -2.45. The van der Waals surface area contributed by atoms with Crippen LogP contribution in [0, 0.1) is 0 Å².